The van der Waals surface area contributed by atoms with Crippen LogP contribution in [0.1, 0.15) is 23.0 Å². The molecule has 4 N–H and O–H groups in total. The lowest BCUT2D eigenvalue weighted by atomic mass is 10.1. The van der Waals surface area contributed by atoms with Gasteiger partial charge in [-0.2, -0.15) is 0 Å². The highest BCUT2D eigenvalue weighted by Gasteiger charge is 2.20. The van der Waals surface area contributed by atoms with E-state index < -0.39 is 17.9 Å². The van der Waals surface area contributed by atoms with Gasteiger partial charge >= 0.3 is 0 Å². The number of amides is 3. The molecular formula is C20H19N5O3. The number of benzene rings is 2. The van der Waals surface area contributed by atoms with Crippen molar-refractivity contribution in [2.75, 3.05) is 5.32 Å². The van der Waals surface area contributed by atoms with E-state index in [9.17, 15) is 14.4 Å². The molecule has 1 heterocycles. The average Bonchev–Trinajstić information content (AvgIpc) is 2.67. The third-order valence-corrected chi connectivity index (χ3v) is 4.01. The smallest absolute Gasteiger partial charge is 0.252 e. The summed E-state index contributed by atoms with van der Waals surface area (Å²) in [4.78, 5) is 44.3. The minimum absolute atomic E-state index is 0.115. The molecule has 0 aliphatic carbocycles. The summed E-state index contributed by atoms with van der Waals surface area (Å²) >= 11 is 0. The lowest BCUT2D eigenvalue weighted by Crippen LogP contribution is -2.46. The summed E-state index contributed by atoms with van der Waals surface area (Å²) in [5.74, 6) is -1.41. The number of nitrogens with two attached hydrogens (primary N) is 1. The highest BCUT2D eigenvalue weighted by Crippen LogP contribution is 2.12. The van der Waals surface area contributed by atoms with Crippen molar-refractivity contribution >= 4 is 34.4 Å². The largest absolute Gasteiger partial charge is 0.368 e. The molecule has 0 bridgehead atoms. The molecule has 3 amide bonds. The molecule has 1 atom stereocenters. The number of carbonyl (C=O) groups excluding carboxylic acids is 3. The summed E-state index contributed by atoms with van der Waals surface area (Å²) in [6.07, 6.45) is 1.67. The quantitative estimate of drug-likeness (QED) is 0.599. The first-order chi connectivity index (χ1) is 13.4. The first-order valence-electron chi connectivity index (χ1n) is 8.61. The molecule has 0 aliphatic heterocycles. The second-order valence-electron chi connectivity index (χ2n) is 6.24. The molecule has 28 heavy (non-hydrogen) atoms. The van der Waals surface area contributed by atoms with Gasteiger partial charge in [-0.3, -0.25) is 19.4 Å². The van der Waals surface area contributed by atoms with Crippen LogP contribution in [0.5, 0.6) is 0 Å². The number of aromatic nitrogens is 2. The van der Waals surface area contributed by atoms with Gasteiger partial charge in [-0.1, -0.05) is 18.2 Å². The van der Waals surface area contributed by atoms with Gasteiger partial charge in [-0.15, -0.1) is 0 Å². The Hall–Kier alpha value is -3.81. The van der Waals surface area contributed by atoms with E-state index in [1.807, 2.05) is 24.3 Å². The molecule has 3 rings (SSSR count). The van der Waals surface area contributed by atoms with Crippen molar-refractivity contribution in [3.63, 3.8) is 0 Å². The lowest BCUT2D eigenvalue weighted by molar-refractivity contribution is -0.119. The van der Waals surface area contributed by atoms with E-state index in [1.54, 1.807) is 24.4 Å². The Kier molecular flexibility index (Phi) is 5.59. The van der Waals surface area contributed by atoms with Crippen LogP contribution in [-0.2, 0) is 16.0 Å². The van der Waals surface area contributed by atoms with Gasteiger partial charge in [0.25, 0.3) is 5.91 Å². The Labute approximate surface area is 161 Å². The maximum Gasteiger partial charge on any atom is 0.252 e. The third-order valence-electron chi connectivity index (χ3n) is 4.01. The molecule has 0 fully saturated rings. The number of hydrogen-bond acceptors (Lipinski definition) is 5. The molecule has 3 aromatic rings. The lowest BCUT2D eigenvalue weighted by Gasteiger charge is -2.15. The van der Waals surface area contributed by atoms with Crippen molar-refractivity contribution in [3.8, 4) is 0 Å². The molecule has 0 unspecified atom stereocenters. The Morgan fingerprint density at radius 2 is 1.82 bits per heavy atom. The van der Waals surface area contributed by atoms with Crippen LogP contribution in [-0.4, -0.2) is 33.7 Å². The van der Waals surface area contributed by atoms with Crippen molar-refractivity contribution in [2.24, 2.45) is 5.73 Å². The van der Waals surface area contributed by atoms with Crippen LogP contribution in [0.2, 0.25) is 0 Å². The van der Waals surface area contributed by atoms with Gasteiger partial charge in [-0.25, -0.2) is 4.98 Å². The van der Waals surface area contributed by atoms with Crippen molar-refractivity contribution < 1.29 is 14.4 Å². The number of rotatable bonds is 6. The zero-order valence-electron chi connectivity index (χ0n) is 15.2. The van der Waals surface area contributed by atoms with Crippen LogP contribution in [0.15, 0.2) is 54.7 Å². The second kappa shape index (κ2) is 8.26. The zero-order valence-corrected chi connectivity index (χ0v) is 15.2. The summed E-state index contributed by atoms with van der Waals surface area (Å²) < 4.78 is 0. The van der Waals surface area contributed by atoms with Crippen LogP contribution in [0.25, 0.3) is 11.0 Å². The molecule has 0 aliphatic rings. The van der Waals surface area contributed by atoms with Crippen molar-refractivity contribution in [3.05, 3.63) is 66.0 Å². The van der Waals surface area contributed by atoms with Crippen LogP contribution < -0.4 is 16.4 Å². The number of para-hydroxylation sites is 2. The van der Waals surface area contributed by atoms with Gasteiger partial charge in [-0.05, 0) is 30.3 Å². The van der Waals surface area contributed by atoms with Gasteiger partial charge in [0, 0.05) is 30.8 Å². The average molecular weight is 377 g/mol. The summed E-state index contributed by atoms with van der Waals surface area (Å²) in [6, 6.07) is 12.8. The van der Waals surface area contributed by atoms with E-state index in [0.717, 1.165) is 5.52 Å². The zero-order chi connectivity index (χ0) is 20.1. The molecule has 0 radical (unpaired) electrons. The van der Waals surface area contributed by atoms with E-state index in [2.05, 4.69) is 20.6 Å². The van der Waals surface area contributed by atoms with Gasteiger partial charge in [0.15, 0.2) is 0 Å². The van der Waals surface area contributed by atoms with Gasteiger partial charge in [0.1, 0.15) is 6.04 Å². The SMILES string of the molecule is CC(=O)Nc1cccc(C(=O)N[C@H](Cc2cnc3ccccc3n2)C(N)=O)c1. The maximum atomic E-state index is 12.5. The van der Waals surface area contributed by atoms with Gasteiger partial charge in [0.05, 0.1) is 16.7 Å². The van der Waals surface area contributed by atoms with Crippen LogP contribution >= 0.6 is 0 Å². The van der Waals surface area contributed by atoms with E-state index >= 15 is 0 Å². The molecular weight excluding hydrogens is 358 g/mol. The fourth-order valence-corrected chi connectivity index (χ4v) is 2.71. The maximum absolute atomic E-state index is 12.5. The Morgan fingerprint density at radius 1 is 1.07 bits per heavy atom. The standard InChI is InChI=1S/C20H19N5O3/c1-12(26)23-14-6-4-5-13(9-14)20(28)25-18(19(21)27)10-15-11-22-16-7-2-3-8-17(16)24-15/h2-9,11,18H,10H2,1H3,(H2,21,27)(H,23,26)(H,25,28)/t18-/m1/s1. The van der Waals surface area contributed by atoms with Gasteiger partial charge in [0.2, 0.25) is 11.8 Å². The van der Waals surface area contributed by atoms with Crippen molar-refractivity contribution in [1.29, 1.82) is 0 Å². The topological polar surface area (TPSA) is 127 Å². The van der Waals surface area contributed by atoms with Crippen molar-refractivity contribution in [2.45, 2.75) is 19.4 Å². The molecule has 2 aromatic carbocycles. The third kappa shape index (κ3) is 4.67. The predicted molar refractivity (Wildman–Crippen MR) is 104 cm³/mol. The van der Waals surface area contributed by atoms with E-state index in [-0.39, 0.29) is 12.3 Å². The van der Waals surface area contributed by atoms with Crippen molar-refractivity contribution in [1.82, 2.24) is 15.3 Å². The summed E-state index contributed by atoms with van der Waals surface area (Å²) in [5.41, 5.74) is 8.20. The number of carbonyl (C=O) groups is 3. The number of primary amides is 1. The normalized spacial score (nSPS) is 11.6. The molecule has 8 nitrogen and oxygen atoms in total. The first kappa shape index (κ1) is 19.0. The fraction of sp³-hybridized carbons (Fsp3) is 0.150. The number of nitrogens with one attached hydrogen (secondary N) is 2. The first-order valence-corrected chi connectivity index (χ1v) is 8.61. The number of hydrogen-bond donors (Lipinski definition) is 3. The molecule has 8 heteroatoms. The number of nitrogens with zero attached hydrogens (tertiary/aromatic N) is 2. The monoisotopic (exact) mass is 377 g/mol. The number of anilines is 1. The van der Waals surface area contributed by atoms with Crippen LogP contribution in [0.4, 0.5) is 5.69 Å². The highest BCUT2D eigenvalue weighted by molar-refractivity contribution is 5.99. The Bertz CT molecular complexity index is 1050. The molecule has 0 spiro atoms. The van der Waals surface area contributed by atoms with Crippen LogP contribution in [0.3, 0.4) is 0 Å². The minimum atomic E-state index is -0.951. The Balaban J connectivity index is 1.76. The van der Waals surface area contributed by atoms with E-state index in [4.69, 9.17) is 5.73 Å². The predicted octanol–water partition coefficient (Wildman–Crippen LogP) is 1.41. The fourth-order valence-electron chi connectivity index (χ4n) is 2.71. The molecule has 142 valence electrons. The summed E-state index contributed by atoms with van der Waals surface area (Å²) in [5, 5.41) is 5.22. The van der Waals surface area contributed by atoms with E-state index in [1.165, 1.54) is 13.0 Å². The molecule has 0 saturated carbocycles. The highest BCUT2D eigenvalue weighted by atomic mass is 16.2. The Morgan fingerprint density at radius 3 is 2.54 bits per heavy atom. The molecule has 0 saturated heterocycles. The minimum Gasteiger partial charge on any atom is -0.368 e. The molecule has 1 aromatic heterocycles. The van der Waals surface area contributed by atoms with Crippen LogP contribution in [0, 0.1) is 0 Å². The second-order valence-corrected chi connectivity index (χ2v) is 6.24. The summed E-state index contributed by atoms with van der Waals surface area (Å²) in [7, 11) is 0. The van der Waals surface area contributed by atoms with Gasteiger partial charge < -0.3 is 16.4 Å². The van der Waals surface area contributed by atoms with E-state index in [0.29, 0.717) is 22.5 Å². The summed E-state index contributed by atoms with van der Waals surface area (Å²) in [6.45, 7) is 1.38. The number of fused-ring (bicyclic) bond motifs is 1.